The Morgan fingerprint density at radius 3 is 2.36 bits per heavy atom. The number of phenols is 1. The molecule has 1 aromatic carbocycles. The van der Waals surface area contributed by atoms with Crippen molar-refractivity contribution in [2.24, 2.45) is 0 Å². The van der Waals surface area contributed by atoms with Crippen LogP contribution in [0.5, 0.6) is 5.75 Å². The summed E-state index contributed by atoms with van der Waals surface area (Å²) in [6.45, 7) is 9.16. The summed E-state index contributed by atoms with van der Waals surface area (Å²) in [5.74, 6) is -0.156. The Bertz CT molecular complexity index is 849. The van der Waals surface area contributed by atoms with Crippen molar-refractivity contribution in [2.75, 3.05) is 44.2 Å². The maximum Gasteiger partial charge on any atom is 0.355 e. The molecule has 1 aromatic heterocycles. The summed E-state index contributed by atoms with van der Waals surface area (Å²) in [5, 5.41) is 9.42. The Kier molecular flexibility index (Phi) is 6.04. The molecule has 1 fully saturated rings. The molecule has 0 aliphatic carbocycles. The van der Waals surface area contributed by atoms with Crippen molar-refractivity contribution < 1.29 is 19.4 Å². The largest absolute Gasteiger partial charge is 0.508 e. The molecule has 1 aliphatic rings. The fourth-order valence-corrected chi connectivity index (χ4v) is 3.69. The van der Waals surface area contributed by atoms with Gasteiger partial charge in [-0.05, 0) is 50.6 Å². The number of aryl methyl sites for hydroxylation is 1. The molecule has 2 N–H and O–H groups in total. The van der Waals surface area contributed by atoms with Crippen molar-refractivity contribution in [3.63, 3.8) is 0 Å². The number of hydrogen-bond donors (Lipinski definition) is 2. The van der Waals surface area contributed by atoms with Crippen LogP contribution in [0.25, 0.3) is 0 Å². The smallest absolute Gasteiger partial charge is 0.355 e. The van der Waals surface area contributed by atoms with Crippen LogP contribution in [-0.2, 0) is 4.74 Å². The molecule has 1 aliphatic heterocycles. The van der Waals surface area contributed by atoms with Gasteiger partial charge in [-0.25, -0.2) is 4.79 Å². The number of aromatic amines is 1. The molecule has 28 heavy (non-hydrogen) atoms. The minimum Gasteiger partial charge on any atom is -0.508 e. The number of anilines is 1. The zero-order chi connectivity index (χ0) is 20.3. The highest BCUT2D eigenvalue weighted by Gasteiger charge is 2.25. The zero-order valence-electron chi connectivity index (χ0n) is 16.6. The van der Waals surface area contributed by atoms with E-state index in [9.17, 15) is 14.7 Å². The van der Waals surface area contributed by atoms with Crippen molar-refractivity contribution in [2.45, 2.75) is 20.8 Å². The molecule has 1 saturated heterocycles. The van der Waals surface area contributed by atoms with Crippen LogP contribution in [0.4, 0.5) is 5.69 Å². The van der Waals surface area contributed by atoms with Gasteiger partial charge in [-0.3, -0.25) is 9.69 Å². The third kappa shape index (κ3) is 4.20. The minimum atomic E-state index is -0.426. The molecule has 0 unspecified atom stereocenters. The first-order valence-electron chi connectivity index (χ1n) is 9.56. The quantitative estimate of drug-likeness (QED) is 0.587. The SMILES string of the molecule is CCOC(=O)c1[nH]c(C)c(C(=O)CN2CCN(c3ccc(O)cc3)CC2)c1C. The Labute approximate surface area is 164 Å². The standard InChI is InChI=1S/C21H27N3O4/c1-4-28-21(27)20-14(2)19(15(3)22-20)18(26)13-23-9-11-24(12-10-23)16-5-7-17(25)8-6-16/h5-8,22,25H,4,9-13H2,1-3H3. The first-order chi connectivity index (χ1) is 13.4. The number of phenolic OH excluding ortho intramolecular Hbond substituents is 1. The lowest BCUT2D eigenvalue weighted by molar-refractivity contribution is 0.0519. The van der Waals surface area contributed by atoms with Crippen LogP contribution in [0.3, 0.4) is 0 Å². The monoisotopic (exact) mass is 385 g/mol. The molecule has 2 aromatic rings. The third-order valence-corrected chi connectivity index (χ3v) is 5.15. The number of nitrogens with one attached hydrogen (secondary N) is 1. The van der Waals surface area contributed by atoms with E-state index < -0.39 is 5.97 Å². The lowest BCUT2D eigenvalue weighted by Crippen LogP contribution is -2.48. The van der Waals surface area contributed by atoms with Gasteiger partial charge in [0, 0.05) is 43.1 Å². The minimum absolute atomic E-state index is 0.0138. The molecule has 0 bridgehead atoms. The topological polar surface area (TPSA) is 85.9 Å². The summed E-state index contributed by atoms with van der Waals surface area (Å²) >= 11 is 0. The van der Waals surface area contributed by atoms with E-state index in [0.717, 1.165) is 31.9 Å². The average Bonchev–Trinajstić information content (AvgIpc) is 2.97. The predicted molar refractivity (Wildman–Crippen MR) is 107 cm³/mol. The highest BCUT2D eigenvalue weighted by atomic mass is 16.5. The molecular weight excluding hydrogens is 358 g/mol. The van der Waals surface area contributed by atoms with Crippen molar-refractivity contribution in [1.29, 1.82) is 0 Å². The second-order valence-electron chi connectivity index (χ2n) is 7.05. The molecular formula is C21H27N3O4. The summed E-state index contributed by atoms with van der Waals surface area (Å²) in [5.41, 5.74) is 3.38. The van der Waals surface area contributed by atoms with Crippen molar-refractivity contribution in [3.8, 4) is 5.75 Å². The van der Waals surface area contributed by atoms with Crippen LogP contribution in [0.1, 0.15) is 39.0 Å². The molecule has 3 rings (SSSR count). The Morgan fingerprint density at radius 1 is 1.11 bits per heavy atom. The molecule has 2 heterocycles. The van der Waals surface area contributed by atoms with Crippen LogP contribution < -0.4 is 4.90 Å². The number of hydrogen-bond acceptors (Lipinski definition) is 6. The first-order valence-corrected chi connectivity index (χ1v) is 9.56. The molecule has 0 spiro atoms. The molecule has 0 saturated carbocycles. The van der Waals surface area contributed by atoms with Gasteiger partial charge in [0.05, 0.1) is 13.2 Å². The van der Waals surface area contributed by atoms with Crippen molar-refractivity contribution in [1.82, 2.24) is 9.88 Å². The van der Waals surface area contributed by atoms with E-state index in [1.807, 2.05) is 19.1 Å². The van der Waals surface area contributed by atoms with Crippen LogP contribution in [0.2, 0.25) is 0 Å². The second-order valence-corrected chi connectivity index (χ2v) is 7.05. The Balaban J connectivity index is 1.62. The number of H-pyrrole nitrogens is 1. The van der Waals surface area contributed by atoms with Crippen LogP contribution >= 0.6 is 0 Å². The number of aromatic nitrogens is 1. The van der Waals surface area contributed by atoms with Crippen LogP contribution in [0, 0.1) is 13.8 Å². The van der Waals surface area contributed by atoms with E-state index in [4.69, 9.17) is 4.74 Å². The van der Waals surface area contributed by atoms with Crippen LogP contribution in [0.15, 0.2) is 24.3 Å². The Hall–Kier alpha value is -2.80. The molecule has 150 valence electrons. The van der Waals surface area contributed by atoms with Gasteiger partial charge in [-0.15, -0.1) is 0 Å². The number of rotatable bonds is 6. The van der Waals surface area contributed by atoms with E-state index in [1.165, 1.54) is 0 Å². The summed E-state index contributed by atoms with van der Waals surface area (Å²) in [6, 6.07) is 7.17. The number of aromatic hydroxyl groups is 1. The number of ketones is 1. The summed E-state index contributed by atoms with van der Waals surface area (Å²) in [6.07, 6.45) is 0. The van der Waals surface area contributed by atoms with Gasteiger partial charge in [0.2, 0.25) is 0 Å². The maximum absolute atomic E-state index is 12.9. The Morgan fingerprint density at radius 2 is 1.75 bits per heavy atom. The number of nitrogens with zero attached hydrogens (tertiary/aromatic N) is 2. The summed E-state index contributed by atoms with van der Waals surface area (Å²) in [4.78, 5) is 32.3. The number of carbonyl (C=O) groups excluding carboxylic acids is 2. The van der Waals surface area contributed by atoms with Crippen molar-refractivity contribution >= 4 is 17.4 Å². The summed E-state index contributed by atoms with van der Waals surface area (Å²) < 4.78 is 5.05. The van der Waals surface area contributed by atoms with E-state index >= 15 is 0 Å². The zero-order valence-corrected chi connectivity index (χ0v) is 16.6. The fourth-order valence-electron chi connectivity index (χ4n) is 3.69. The molecule has 7 nitrogen and oxygen atoms in total. The van der Waals surface area contributed by atoms with Gasteiger partial charge in [0.25, 0.3) is 0 Å². The van der Waals surface area contributed by atoms with E-state index in [2.05, 4.69) is 14.8 Å². The lowest BCUT2D eigenvalue weighted by atomic mass is 10.0. The van der Waals surface area contributed by atoms with Crippen LogP contribution in [-0.4, -0.2) is 66.1 Å². The van der Waals surface area contributed by atoms with Gasteiger partial charge in [-0.2, -0.15) is 0 Å². The number of Topliss-reactive ketones (excluding diaryl/α,β-unsaturated/α-hetero) is 1. The number of benzene rings is 1. The van der Waals surface area contributed by atoms with E-state index in [1.54, 1.807) is 26.0 Å². The molecule has 0 atom stereocenters. The van der Waals surface area contributed by atoms with Gasteiger partial charge >= 0.3 is 5.97 Å². The number of ether oxygens (including phenoxy) is 1. The molecule has 0 radical (unpaired) electrons. The van der Waals surface area contributed by atoms with Crippen molar-refractivity contribution in [3.05, 3.63) is 46.8 Å². The normalized spacial score (nSPS) is 14.9. The second kappa shape index (κ2) is 8.48. The first kappa shape index (κ1) is 19.9. The predicted octanol–water partition coefficient (Wildman–Crippen LogP) is 2.52. The molecule has 7 heteroatoms. The van der Waals surface area contributed by atoms with E-state index in [-0.39, 0.29) is 11.5 Å². The number of carbonyl (C=O) groups is 2. The average molecular weight is 385 g/mol. The molecule has 0 amide bonds. The highest BCUT2D eigenvalue weighted by Crippen LogP contribution is 2.22. The maximum atomic E-state index is 12.9. The summed E-state index contributed by atoms with van der Waals surface area (Å²) in [7, 11) is 0. The highest BCUT2D eigenvalue weighted by molar-refractivity contribution is 6.03. The van der Waals surface area contributed by atoms with Gasteiger partial charge in [-0.1, -0.05) is 0 Å². The van der Waals surface area contributed by atoms with Gasteiger partial charge in [0.15, 0.2) is 5.78 Å². The number of esters is 1. The van der Waals surface area contributed by atoms with E-state index in [0.29, 0.717) is 35.7 Å². The lowest BCUT2D eigenvalue weighted by Gasteiger charge is -2.35. The fraction of sp³-hybridized carbons (Fsp3) is 0.429. The van der Waals surface area contributed by atoms with Gasteiger partial charge < -0.3 is 19.7 Å². The van der Waals surface area contributed by atoms with Gasteiger partial charge in [0.1, 0.15) is 11.4 Å². The third-order valence-electron chi connectivity index (χ3n) is 5.15. The number of piperazine rings is 1.